The van der Waals surface area contributed by atoms with E-state index in [9.17, 15) is 22.8 Å². The summed E-state index contributed by atoms with van der Waals surface area (Å²) in [6.07, 6.45) is -3.85. The van der Waals surface area contributed by atoms with Gasteiger partial charge in [0.05, 0.1) is 23.8 Å². The number of hydrogen-bond donors (Lipinski definition) is 1. The molecule has 28 heavy (non-hydrogen) atoms. The molecule has 6 nitrogen and oxygen atoms in total. The first-order valence-corrected chi connectivity index (χ1v) is 9.17. The minimum absolute atomic E-state index is 0.0290. The Balaban J connectivity index is 1.22. The summed E-state index contributed by atoms with van der Waals surface area (Å²) in [6.45, 7) is 2.67. The van der Waals surface area contributed by atoms with Gasteiger partial charge >= 0.3 is 12.3 Å². The number of aryl methyl sites for hydroxylation is 1. The Morgan fingerprint density at radius 3 is 2.68 bits per heavy atom. The van der Waals surface area contributed by atoms with E-state index in [2.05, 4.69) is 5.32 Å². The number of halogens is 3. The number of rotatable bonds is 4. The largest absolute Gasteiger partial charge is 0.447 e. The van der Waals surface area contributed by atoms with Gasteiger partial charge in [-0.25, -0.2) is 4.79 Å². The second kappa shape index (κ2) is 6.65. The van der Waals surface area contributed by atoms with Crippen LogP contribution in [0.3, 0.4) is 0 Å². The Hall–Kier alpha value is -2.29. The fraction of sp³-hybridized carbons (Fsp3) is 0.579. The number of alkyl halides is 3. The van der Waals surface area contributed by atoms with E-state index in [4.69, 9.17) is 9.47 Å². The molecular formula is C19H21F3N2O4. The van der Waals surface area contributed by atoms with Crippen molar-refractivity contribution >= 4 is 12.0 Å². The highest BCUT2D eigenvalue weighted by Crippen LogP contribution is 2.42. The summed E-state index contributed by atoms with van der Waals surface area (Å²) < 4.78 is 49.5. The van der Waals surface area contributed by atoms with Crippen LogP contribution in [-0.2, 0) is 27.1 Å². The van der Waals surface area contributed by atoms with E-state index in [1.165, 1.54) is 13.0 Å². The molecule has 2 heterocycles. The summed E-state index contributed by atoms with van der Waals surface area (Å²) in [5.74, 6) is -0.101. The SMILES string of the molecule is Cc1ccc(COC2CN(C(=O)C3CC4(COC(=O)N4)C3)C2)cc1C(F)(F)F. The molecule has 0 atom stereocenters. The molecule has 4 rings (SSSR count). The van der Waals surface area contributed by atoms with Crippen LogP contribution in [0.25, 0.3) is 0 Å². The molecule has 1 aromatic rings. The lowest BCUT2D eigenvalue weighted by Gasteiger charge is -2.47. The Labute approximate surface area is 160 Å². The zero-order valence-corrected chi connectivity index (χ0v) is 15.3. The van der Waals surface area contributed by atoms with Gasteiger partial charge in [0.2, 0.25) is 5.91 Å². The van der Waals surface area contributed by atoms with Crippen molar-refractivity contribution in [1.82, 2.24) is 10.2 Å². The van der Waals surface area contributed by atoms with Crippen molar-refractivity contribution < 1.29 is 32.2 Å². The van der Waals surface area contributed by atoms with Gasteiger partial charge < -0.3 is 19.7 Å². The zero-order chi connectivity index (χ0) is 20.1. The van der Waals surface area contributed by atoms with E-state index >= 15 is 0 Å². The van der Waals surface area contributed by atoms with Gasteiger partial charge in [0.1, 0.15) is 6.61 Å². The van der Waals surface area contributed by atoms with Crippen LogP contribution in [0.4, 0.5) is 18.0 Å². The predicted molar refractivity (Wildman–Crippen MR) is 91.3 cm³/mol. The standard InChI is InChI=1S/C19H21F3N2O4/c1-11-2-3-12(4-15(11)19(20,21)22)9-27-14-7-24(8-14)16(25)13-5-18(6-13)10-28-17(26)23-18/h2-4,13-14H,5-10H2,1H3,(H,23,26). The van der Waals surface area contributed by atoms with Crippen molar-refractivity contribution in [3.8, 4) is 0 Å². The first kappa shape index (κ1) is 19.0. The van der Waals surface area contributed by atoms with E-state index in [-0.39, 0.29) is 35.6 Å². The molecule has 1 aliphatic carbocycles. The summed E-state index contributed by atoms with van der Waals surface area (Å²) in [7, 11) is 0. The van der Waals surface area contributed by atoms with E-state index in [1.807, 2.05) is 0 Å². The molecule has 9 heteroatoms. The molecule has 3 fully saturated rings. The van der Waals surface area contributed by atoms with Crippen LogP contribution < -0.4 is 5.32 Å². The monoisotopic (exact) mass is 398 g/mol. The highest BCUT2D eigenvalue weighted by molar-refractivity contribution is 5.82. The third-order valence-corrected chi connectivity index (χ3v) is 5.72. The van der Waals surface area contributed by atoms with E-state index in [1.54, 1.807) is 11.0 Å². The molecule has 1 spiro atoms. The van der Waals surface area contributed by atoms with Crippen LogP contribution in [-0.4, -0.2) is 48.2 Å². The van der Waals surface area contributed by atoms with Crippen LogP contribution in [0.15, 0.2) is 18.2 Å². The zero-order valence-electron chi connectivity index (χ0n) is 15.3. The highest BCUT2D eigenvalue weighted by Gasteiger charge is 2.54. The molecule has 152 valence electrons. The number of amides is 2. The van der Waals surface area contributed by atoms with E-state index < -0.39 is 17.8 Å². The number of nitrogens with zero attached hydrogens (tertiary/aromatic N) is 1. The molecule has 0 aromatic heterocycles. The third-order valence-electron chi connectivity index (χ3n) is 5.72. The fourth-order valence-corrected chi connectivity index (χ4v) is 4.03. The van der Waals surface area contributed by atoms with Crippen molar-refractivity contribution in [3.05, 3.63) is 34.9 Å². The Morgan fingerprint density at radius 2 is 2.07 bits per heavy atom. The van der Waals surface area contributed by atoms with Gasteiger partial charge in [0.15, 0.2) is 0 Å². The van der Waals surface area contributed by atoms with Crippen LogP contribution >= 0.6 is 0 Å². The first-order valence-electron chi connectivity index (χ1n) is 9.17. The summed E-state index contributed by atoms with van der Waals surface area (Å²) in [5, 5.41) is 2.76. The average molecular weight is 398 g/mol. The second-order valence-corrected chi connectivity index (χ2v) is 7.91. The van der Waals surface area contributed by atoms with Gasteiger partial charge in [-0.2, -0.15) is 13.2 Å². The molecule has 3 aliphatic rings. The molecule has 0 radical (unpaired) electrons. The maximum absolute atomic E-state index is 13.0. The molecule has 2 saturated heterocycles. The number of nitrogens with one attached hydrogen (secondary N) is 1. The molecular weight excluding hydrogens is 377 g/mol. The van der Waals surface area contributed by atoms with Gasteiger partial charge in [0.25, 0.3) is 0 Å². The number of carbonyl (C=O) groups is 2. The average Bonchev–Trinajstić information content (AvgIpc) is 2.94. The number of alkyl carbamates (subject to hydrolysis) is 1. The lowest BCUT2D eigenvalue weighted by molar-refractivity contribution is -0.155. The molecule has 2 amide bonds. The third kappa shape index (κ3) is 3.55. The van der Waals surface area contributed by atoms with Crippen LogP contribution in [0, 0.1) is 12.8 Å². The van der Waals surface area contributed by atoms with Crippen LogP contribution in [0.5, 0.6) is 0 Å². The predicted octanol–water partition coefficient (Wildman–Crippen LogP) is 2.63. The Kier molecular flexibility index (Phi) is 4.52. The minimum Gasteiger partial charge on any atom is -0.447 e. The Morgan fingerprint density at radius 1 is 1.36 bits per heavy atom. The van der Waals surface area contributed by atoms with Gasteiger partial charge in [0, 0.05) is 19.0 Å². The summed E-state index contributed by atoms with van der Waals surface area (Å²) >= 11 is 0. The number of likely N-dealkylation sites (tertiary alicyclic amines) is 1. The van der Waals surface area contributed by atoms with Gasteiger partial charge in [-0.05, 0) is 37.0 Å². The number of benzene rings is 1. The summed E-state index contributed by atoms with van der Waals surface area (Å²) in [5.41, 5.74) is -0.403. The minimum atomic E-state index is -4.39. The second-order valence-electron chi connectivity index (χ2n) is 7.91. The molecule has 0 unspecified atom stereocenters. The molecule has 1 N–H and O–H groups in total. The highest BCUT2D eigenvalue weighted by atomic mass is 19.4. The Bertz CT molecular complexity index is 799. The van der Waals surface area contributed by atoms with Gasteiger partial charge in [-0.15, -0.1) is 0 Å². The summed E-state index contributed by atoms with van der Waals surface area (Å²) in [6, 6.07) is 4.18. The quantitative estimate of drug-likeness (QED) is 0.847. The van der Waals surface area contributed by atoms with Crippen LogP contribution in [0.1, 0.15) is 29.5 Å². The van der Waals surface area contributed by atoms with Gasteiger partial charge in [-0.1, -0.05) is 12.1 Å². The number of hydrogen-bond acceptors (Lipinski definition) is 4. The topological polar surface area (TPSA) is 67.9 Å². The van der Waals surface area contributed by atoms with Crippen molar-refractivity contribution in [3.63, 3.8) is 0 Å². The van der Waals surface area contributed by atoms with Gasteiger partial charge in [-0.3, -0.25) is 4.79 Å². The van der Waals surface area contributed by atoms with Crippen molar-refractivity contribution in [2.24, 2.45) is 5.92 Å². The number of ether oxygens (including phenoxy) is 2. The first-order chi connectivity index (χ1) is 13.2. The maximum Gasteiger partial charge on any atom is 0.416 e. The molecule has 1 saturated carbocycles. The number of cyclic esters (lactones) is 1. The molecule has 1 aromatic carbocycles. The molecule has 0 bridgehead atoms. The lowest BCUT2D eigenvalue weighted by Crippen LogP contribution is -2.62. The van der Waals surface area contributed by atoms with E-state index in [0.717, 1.165) is 6.07 Å². The van der Waals surface area contributed by atoms with Crippen molar-refractivity contribution in [1.29, 1.82) is 0 Å². The fourth-order valence-electron chi connectivity index (χ4n) is 4.03. The lowest BCUT2D eigenvalue weighted by atomic mass is 9.68. The molecule has 2 aliphatic heterocycles. The normalized spacial score (nSPS) is 27.2. The summed E-state index contributed by atoms with van der Waals surface area (Å²) in [4.78, 5) is 25.3. The number of carbonyl (C=O) groups excluding carboxylic acids is 2. The smallest absolute Gasteiger partial charge is 0.416 e. The van der Waals surface area contributed by atoms with E-state index in [0.29, 0.717) is 38.1 Å². The van der Waals surface area contributed by atoms with Crippen molar-refractivity contribution in [2.75, 3.05) is 19.7 Å². The maximum atomic E-state index is 13.0. The van der Waals surface area contributed by atoms with Crippen molar-refractivity contribution in [2.45, 2.75) is 44.2 Å². The van der Waals surface area contributed by atoms with Crippen LogP contribution in [0.2, 0.25) is 0 Å².